The average molecular weight is 550 g/mol. The number of fused-ring (bicyclic) bond motifs is 6. The van der Waals surface area contributed by atoms with Crippen LogP contribution < -0.4 is 4.57 Å². The van der Waals surface area contributed by atoms with Crippen molar-refractivity contribution >= 4 is 38.4 Å². The maximum atomic E-state index is 10.0. The monoisotopic (exact) mass is 550 g/mol. The van der Waals surface area contributed by atoms with Crippen molar-refractivity contribution in [2.75, 3.05) is 0 Å². The van der Waals surface area contributed by atoms with E-state index in [4.69, 9.17) is 10.1 Å². The largest absolute Gasteiger partial charge is 0.512 e. The second-order valence-corrected chi connectivity index (χ2v) is 6.45. The molecule has 5 heteroatoms. The molecule has 1 radical (unpaired) electrons. The number of nitrogens with zero attached hydrogens (tertiary/aromatic N) is 2. The van der Waals surface area contributed by atoms with E-state index in [1.165, 1.54) is 30.7 Å². The van der Waals surface area contributed by atoms with Crippen LogP contribution in [0.5, 0.6) is 0 Å². The van der Waals surface area contributed by atoms with Crippen molar-refractivity contribution in [2.45, 2.75) is 20.8 Å². The Morgan fingerprint density at radius 3 is 2.39 bits per heavy atom. The van der Waals surface area contributed by atoms with E-state index in [9.17, 15) is 4.79 Å². The van der Waals surface area contributed by atoms with E-state index in [2.05, 4.69) is 43.4 Å². The molecule has 1 aromatic heterocycles. The molecule has 0 aliphatic rings. The third-order valence-electron chi connectivity index (χ3n) is 4.12. The molecular formula is C23H21IrN2O2-. The van der Waals surface area contributed by atoms with Gasteiger partial charge in [-0.15, -0.1) is 24.3 Å². The molecule has 3 aromatic carbocycles. The summed E-state index contributed by atoms with van der Waals surface area (Å²) in [5, 5.41) is 13.0. The van der Waals surface area contributed by atoms with E-state index in [-0.39, 0.29) is 31.6 Å². The summed E-state index contributed by atoms with van der Waals surface area (Å²) >= 11 is 0. The molecule has 0 spiro atoms. The molecular weight excluding hydrogens is 528 g/mol. The molecule has 4 rings (SSSR count). The SMILES string of the molecule is CC(=O)/C=C(/C)O.[CH2-][n+]1cc(C)nc2c3ccccc3c3ccc[c-]c3c21.[Ir]. The van der Waals surface area contributed by atoms with E-state index < -0.39 is 0 Å². The van der Waals surface area contributed by atoms with Gasteiger partial charge in [-0.25, -0.2) is 0 Å². The molecule has 0 saturated carbocycles. The number of ketones is 1. The predicted octanol–water partition coefficient (Wildman–Crippen LogP) is 4.61. The molecule has 145 valence electrons. The average Bonchev–Trinajstić information content (AvgIpc) is 2.61. The number of benzene rings is 3. The van der Waals surface area contributed by atoms with Gasteiger partial charge in [0.1, 0.15) is 5.52 Å². The standard InChI is InChI=1S/C18H13N2.C5H8O2.Ir/c1-12-11-20(2)18-16-10-6-4-8-14(16)13-7-3-5-9-15(13)17(18)19-12;1-4(6)3-5(2)7;/h3-9,11H,2H2,1H3;3,6H,1-2H3;/q-1;;/b;4-3-;. The van der Waals surface area contributed by atoms with Crippen LogP contribution in [0.2, 0.25) is 0 Å². The van der Waals surface area contributed by atoms with Gasteiger partial charge in [-0.05, 0) is 26.2 Å². The van der Waals surface area contributed by atoms with Crippen LogP contribution in [0.15, 0.2) is 60.5 Å². The quantitative estimate of drug-likeness (QED) is 0.124. The number of aromatic nitrogens is 2. The van der Waals surface area contributed by atoms with Gasteiger partial charge >= 0.3 is 0 Å². The number of rotatable bonds is 1. The summed E-state index contributed by atoms with van der Waals surface area (Å²) in [5.41, 5.74) is 2.99. The number of carbonyl (C=O) groups is 1. The molecule has 0 fully saturated rings. The van der Waals surface area contributed by atoms with Gasteiger partial charge in [0, 0.05) is 38.9 Å². The molecule has 28 heavy (non-hydrogen) atoms. The summed E-state index contributed by atoms with van der Waals surface area (Å²) in [6.45, 7) is 4.84. The Kier molecular flexibility index (Phi) is 6.89. The van der Waals surface area contributed by atoms with Gasteiger partial charge in [0.25, 0.3) is 0 Å². The van der Waals surface area contributed by atoms with E-state index in [0.717, 1.165) is 27.5 Å². The summed E-state index contributed by atoms with van der Waals surface area (Å²) in [7, 11) is 4.12. The van der Waals surface area contributed by atoms with Crippen LogP contribution >= 0.6 is 0 Å². The van der Waals surface area contributed by atoms with Crippen LogP contribution in [0.3, 0.4) is 0 Å². The van der Waals surface area contributed by atoms with Gasteiger partial charge in [-0.1, -0.05) is 40.4 Å². The predicted molar refractivity (Wildman–Crippen MR) is 108 cm³/mol. The number of allylic oxidation sites excluding steroid dienone is 2. The van der Waals surface area contributed by atoms with Crippen LogP contribution in [-0.4, -0.2) is 15.9 Å². The molecule has 0 atom stereocenters. The number of aryl methyl sites for hydroxylation is 1. The fourth-order valence-corrected chi connectivity index (χ4v) is 3.21. The topological polar surface area (TPSA) is 54.1 Å². The van der Waals surface area contributed by atoms with Gasteiger partial charge in [-0.2, -0.15) is 0 Å². The van der Waals surface area contributed by atoms with Crippen molar-refractivity contribution in [3.8, 4) is 0 Å². The summed E-state index contributed by atoms with van der Waals surface area (Å²) < 4.78 is 1.91. The molecule has 0 aliphatic heterocycles. The summed E-state index contributed by atoms with van der Waals surface area (Å²) in [5.74, 6) is -0.0625. The molecule has 0 aliphatic carbocycles. The van der Waals surface area contributed by atoms with Crippen LogP contribution in [0.25, 0.3) is 32.6 Å². The smallest absolute Gasteiger partial charge is 0.155 e. The van der Waals surface area contributed by atoms with Crippen LogP contribution in [0.1, 0.15) is 19.5 Å². The van der Waals surface area contributed by atoms with Crippen LogP contribution in [0.4, 0.5) is 0 Å². The Morgan fingerprint density at radius 2 is 1.79 bits per heavy atom. The molecule has 0 unspecified atom stereocenters. The first-order valence-corrected chi connectivity index (χ1v) is 8.61. The van der Waals surface area contributed by atoms with Crippen molar-refractivity contribution in [2.24, 2.45) is 0 Å². The van der Waals surface area contributed by atoms with E-state index in [1.807, 2.05) is 29.8 Å². The van der Waals surface area contributed by atoms with Gasteiger partial charge in [-0.3, -0.25) is 9.78 Å². The zero-order chi connectivity index (χ0) is 19.6. The molecule has 1 N–H and O–H groups in total. The summed E-state index contributed by atoms with van der Waals surface area (Å²) in [6.07, 6.45) is 3.12. The number of hydrogen-bond donors (Lipinski definition) is 1. The normalized spacial score (nSPS) is 11.0. The summed E-state index contributed by atoms with van der Waals surface area (Å²) in [4.78, 5) is 14.8. The minimum atomic E-state index is -0.125. The summed E-state index contributed by atoms with van der Waals surface area (Å²) in [6, 6.07) is 17.8. The maximum Gasteiger partial charge on any atom is 0.155 e. The third kappa shape index (κ3) is 4.38. The van der Waals surface area contributed by atoms with E-state index in [1.54, 1.807) is 0 Å². The van der Waals surface area contributed by atoms with Crippen molar-refractivity contribution in [1.82, 2.24) is 4.98 Å². The van der Waals surface area contributed by atoms with E-state index >= 15 is 0 Å². The molecule has 0 amide bonds. The Morgan fingerprint density at radius 1 is 1.14 bits per heavy atom. The minimum Gasteiger partial charge on any atom is -0.512 e. The Labute approximate surface area is 177 Å². The Bertz CT molecular complexity index is 1200. The van der Waals surface area contributed by atoms with Crippen LogP contribution in [0, 0.1) is 20.0 Å². The fraction of sp³-hybridized carbons (Fsp3) is 0.130. The Balaban J connectivity index is 0.000000306. The van der Waals surface area contributed by atoms with Crippen molar-refractivity contribution in [3.05, 3.63) is 79.3 Å². The minimum absolute atomic E-state index is 0. The van der Waals surface area contributed by atoms with Gasteiger partial charge in [0.15, 0.2) is 5.78 Å². The third-order valence-corrected chi connectivity index (χ3v) is 4.12. The van der Waals surface area contributed by atoms with Crippen molar-refractivity contribution < 1.29 is 34.6 Å². The molecule has 4 nitrogen and oxygen atoms in total. The zero-order valence-corrected chi connectivity index (χ0v) is 18.4. The van der Waals surface area contributed by atoms with Gasteiger partial charge in [0.05, 0.1) is 17.5 Å². The number of carbonyl (C=O) groups excluding carboxylic acids is 1. The number of aliphatic hydroxyl groups is 1. The number of aliphatic hydroxyl groups excluding tert-OH is 1. The Hall–Kier alpha value is -2.75. The second-order valence-electron chi connectivity index (χ2n) is 6.45. The van der Waals surface area contributed by atoms with Crippen molar-refractivity contribution in [1.29, 1.82) is 0 Å². The molecule has 0 saturated heterocycles. The molecule has 1 heterocycles. The fourth-order valence-electron chi connectivity index (χ4n) is 3.21. The van der Waals surface area contributed by atoms with Crippen molar-refractivity contribution in [3.63, 3.8) is 0 Å². The first-order chi connectivity index (χ1) is 12.9. The van der Waals surface area contributed by atoms with Gasteiger partial charge < -0.3 is 9.67 Å². The first kappa shape index (κ1) is 21.5. The second kappa shape index (κ2) is 8.96. The molecule has 0 bridgehead atoms. The maximum absolute atomic E-state index is 10.0. The molecule has 4 aromatic rings. The first-order valence-electron chi connectivity index (χ1n) is 8.61. The van der Waals surface area contributed by atoms with Crippen LogP contribution in [-0.2, 0) is 24.9 Å². The van der Waals surface area contributed by atoms with E-state index in [0.29, 0.717) is 0 Å². The van der Waals surface area contributed by atoms with Gasteiger partial charge in [0.2, 0.25) is 0 Å². The number of hydrogen-bond acceptors (Lipinski definition) is 3. The zero-order valence-electron chi connectivity index (χ0n) is 16.0.